The van der Waals surface area contributed by atoms with Crippen molar-refractivity contribution in [2.45, 2.75) is 24.0 Å². The van der Waals surface area contributed by atoms with Crippen LogP contribution in [0.5, 0.6) is 0 Å². The zero-order valence-electron chi connectivity index (χ0n) is 11.4. The lowest BCUT2D eigenvalue weighted by Crippen LogP contribution is -2.29. The molecule has 1 heterocycles. The van der Waals surface area contributed by atoms with Crippen molar-refractivity contribution >= 4 is 11.8 Å². The zero-order valence-corrected chi connectivity index (χ0v) is 12.2. The number of thioether (sulfide) groups is 1. The third-order valence-corrected chi connectivity index (χ3v) is 4.56. The van der Waals surface area contributed by atoms with Crippen molar-refractivity contribution in [2.75, 3.05) is 25.4 Å². The van der Waals surface area contributed by atoms with Gasteiger partial charge in [0.2, 0.25) is 0 Å². The lowest BCUT2D eigenvalue weighted by atomic mass is 10.1. The van der Waals surface area contributed by atoms with Gasteiger partial charge in [-0.2, -0.15) is 13.2 Å². The Labute approximate surface area is 121 Å². The highest BCUT2D eigenvalue weighted by Gasteiger charge is 2.30. The van der Waals surface area contributed by atoms with Crippen LogP contribution < -0.4 is 5.73 Å². The Morgan fingerprint density at radius 2 is 2.10 bits per heavy atom. The maximum Gasteiger partial charge on any atom is 0.416 e. The third-order valence-electron chi connectivity index (χ3n) is 3.58. The number of alkyl halides is 3. The Morgan fingerprint density at radius 1 is 1.35 bits per heavy atom. The molecule has 2 N–H and O–H groups in total. The molecule has 1 saturated heterocycles. The average molecular weight is 304 g/mol. The summed E-state index contributed by atoms with van der Waals surface area (Å²) in [4.78, 5) is 2.94. The fourth-order valence-corrected chi connectivity index (χ4v) is 3.30. The van der Waals surface area contributed by atoms with E-state index in [0.717, 1.165) is 31.5 Å². The molecule has 20 heavy (non-hydrogen) atoms. The monoisotopic (exact) mass is 304 g/mol. The molecule has 1 aliphatic heterocycles. The fourth-order valence-electron chi connectivity index (χ4n) is 2.33. The Bertz CT molecular complexity index is 440. The lowest BCUT2D eigenvalue weighted by Gasteiger charge is -2.15. The summed E-state index contributed by atoms with van der Waals surface area (Å²) < 4.78 is 37.8. The molecule has 6 heteroatoms. The van der Waals surface area contributed by atoms with Crippen LogP contribution in [0.3, 0.4) is 0 Å². The van der Waals surface area contributed by atoms with Gasteiger partial charge in [-0.15, -0.1) is 11.8 Å². The van der Waals surface area contributed by atoms with E-state index in [2.05, 4.69) is 11.8 Å². The topological polar surface area (TPSA) is 29.3 Å². The molecule has 0 bridgehead atoms. The van der Waals surface area contributed by atoms with Gasteiger partial charge in [-0.25, -0.2) is 0 Å². The molecule has 0 saturated carbocycles. The van der Waals surface area contributed by atoms with E-state index in [9.17, 15) is 13.2 Å². The Morgan fingerprint density at radius 3 is 2.70 bits per heavy atom. The molecule has 0 aromatic heterocycles. The standard InChI is InChI=1S/C14H19F3N2S/c1-10-8-19(9-13(10)18)5-6-20-12-4-2-3-11(7-12)14(15,16)17/h2-4,7,10,13H,5-6,8-9,18H2,1H3. The predicted molar refractivity (Wildman–Crippen MR) is 75.7 cm³/mol. The van der Waals surface area contributed by atoms with Gasteiger partial charge in [0.1, 0.15) is 0 Å². The van der Waals surface area contributed by atoms with E-state index in [0.29, 0.717) is 10.8 Å². The van der Waals surface area contributed by atoms with Crippen LogP contribution in [0.25, 0.3) is 0 Å². The summed E-state index contributed by atoms with van der Waals surface area (Å²) in [6.45, 7) is 4.85. The quantitative estimate of drug-likeness (QED) is 0.867. The van der Waals surface area contributed by atoms with Crippen LogP contribution in [-0.2, 0) is 6.18 Å². The molecule has 0 spiro atoms. The van der Waals surface area contributed by atoms with Crippen molar-refractivity contribution in [2.24, 2.45) is 11.7 Å². The van der Waals surface area contributed by atoms with Gasteiger partial charge in [-0.1, -0.05) is 13.0 Å². The number of halogens is 3. The zero-order chi connectivity index (χ0) is 14.8. The molecule has 1 fully saturated rings. The van der Waals surface area contributed by atoms with Crippen molar-refractivity contribution in [1.29, 1.82) is 0 Å². The second kappa shape index (κ2) is 6.37. The Hall–Kier alpha value is -0.720. The summed E-state index contributed by atoms with van der Waals surface area (Å²) in [5.74, 6) is 1.27. The molecule has 2 rings (SSSR count). The van der Waals surface area contributed by atoms with E-state index >= 15 is 0 Å². The SMILES string of the molecule is CC1CN(CCSc2cccc(C(F)(F)F)c2)CC1N. The summed E-state index contributed by atoms with van der Waals surface area (Å²) in [5, 5.41) is 0. The van der Waals surface area contributed by atoms with Crippen molar-refractivity contribution in [3.63, 3.8) is 0 Å². The van der Waals surface area contributed by atoms with E-state index in [-0.39, 0.29) is 6.04 Å². The fraction of sp³-hybridized carbons (Fsp3) is 0.571. The summed E-state index contributed by atoms with van der Waals surface area (Å²) in [5.41, 5.74) is 5.36. The highest BCUT2D eigenvalue weighted by atomic mass is 32.2. The number of hydrogen-bond donors (Lipinski definition) is 1. The molecule has 0 aliphatic carbocycles. The highest BCUT2D eigenvalue weighted by molar-refractivity contribution is 7.99. The predicted octanol–water partition coefficient (Wildman–Crippen LogP) is 3.08. The van der Waals surface area contributed by atoms with Crippen molar-refractivity contribution < 1.29 is 13.2 Å². The maximum absolute atomic E-state index is 12.6. The molecule has 2 atom stereocenters. The van der Waals surface area contributed by atoms with Gasteiger partial charge in [0, 0.05) is 36.3 Å². The highest BCUT2D eigenvalue weighted by Crippen LogP contribution is 2.31. The number of likely N-dealkylation sites (tertiary alicyclic amines) is 1. The second-order valence-electron chi connectivity index (χ2n) is 5.27. The van der Waals surface area contributed by atoms with Gasteiger partial charge in [0.15, 0.2) is 0 Å². The molecule has 2 nitrogen and oxygen atoms in total. The summed E-state index contributed by atoms with van der Waals surface area (Å²) in [6, 6.07) is 5.71. The second-order valence-corrected chi connectivity index (χ2v) is 6.44. The van der Waals surface area contributed by atoms with E-state index in [4.69, 9.17) is 5.73 Å². The minimum absolute atomic E-state index is 0.216. The van der Waals surface area contributed by atoms with Crippen molar-refractivity contribution in [1.82, 2.24) is 4.90 Å². The van der Waals surface area contributed by atoms with Gasteiger partial charge < -0.3 is 10.6 Å². The smallest absolute Gasteiger partial charge is 0.326 e. The molecule has 112 valence electrons. The number of benzene rings is 1. The summed E-state index contributed by atoms with van der Waals surface area (Å²) >= 11 is 1.46. The maximum atomic E-state index is 12.6. The Balaban J connectivity index is 1.83. The van der Waals surface area contributed by atoms with Crippen LogP contribution in [-0.4, -0.2) is 36.3 Å². The molecule has 0 amide bonds. The van der Waals surface area contributed by atoms with E-state index in [1.165, 1.54) is 23.9 Å². The molecular weight excluding hydrogens is 285 g/mol. The van der Waals surface area contributed by atoms with Gasteiger partial charge in [-0.05, 0) is 24.1 Å². The minimum Gasteiger partial charge on any atom is -0.326 e. The first-order valence-electron chi connectivity index (χ1n) is 6.64. The number of rotatable bonds is 4. The van der Waals surface area contributed by atoms with Crippen molar-refractivity contribution in [3.8, 4) is 0 Å². The largest absolute Gasteiger partial charge is 0.416 e. The average Bonchev–Trinajstić information content (AvgIpc) is 2.68. The molecule has 1 aromatic carbocycles. The minimum atomic E-state index is -4.27. The van der Waals surface area contributed by atoms with Gasteiger partial charge in [0.25, 0.3) is 0 Å². The van der Waals surface area contributed by atoms with Crippen LogP contribution in [0.15, 0.2) is 29.2 Å². The van der Waals surface area contributed by atoms with Crippen LogP contribution >= 0.6 is 11.8 Å². The first-order valence-corrected chi connectivity index (χ1v) is 7.63. The van der Waals surface area contributed by atoms with E-state index in [1.54, 1.807) is 6.07 Å². The molecule has 2 unspecified atom stereocenters. The Kier molecular flexibility index (Phi) is 4.99. The third kappa shape index (κ3) is 4.14. The van der Waals surface area contributed by atoms with E-state index in [1.807, 2.05) is 0 Å². The van der Waals surface area contributed by atoms with Gasteiger partial charge in [0.05, 0.1) is 5.56 Å². The van der Waals surface area contributed by atoms with Crippen LogP contribution in [0.2, 0.25) is 0 Å². The number of hydrogen-bond acceptors (Lipinski definition) is 3. The van der Waals surface area contributed by atoms with Crippen LogP contribution in [0.4, 0.5) is 13.2 Å². The van der Waals surface area contributed by atoms with Crippen molar-refractivity contribution in [3.05, 3.63) is 29.8 Å². The number of nitrogens with two attached hydrogens (primary N) is 1. The van der Waals surface area contributed by atoms with Crippen LogP contribution in [0, 0.1) is 5.92 Å². The summed E-state index contributed by atoms with van der Waals surface area (Å²) in [6.07, 6.45) is -4.27. The summed E-state index contributed by atoms with van der Waals surface area (Å²) in [7, 11) is 0. The first kappa shape index (κ1) is 15.7. The number of nitrogens with zero attached hydrogens (tertiary/aromatic N) is 1. The normalized spacial score (nSPS) is 24.2. The van der Waals surface area contributed by atoms with Crippen LogP contribution in [0.1, 0.15) is 12.5 Å². The molecule has 1 aromatic rings. The molecular formula is C14H19F3N2S. The van der Waals surface area contributed by atoms with E-state index < -0.39 is 11.7 Å². The first-order chi connectivity index (χ1) is 9.36. The van der Waals surface area contributed by atoms with Gasteiger partial charge >= 0.3 is 6.18 Å². The van der Waals surface area contributed by atoms with Gasteiger partial charge in [-0.3, -0.25) is 0 Å². The molecule has 1 aliphatic rings. The lowest BCUT2D eigenvalue weighted by molar-refractivity contribution is -0.137. The molecule has 0 radical (unpaired) electrons.